The van der Waals surface area contributed by atoms with Gasteiger partial charge in [0, 0.05) is 13.1 Å². The largest absolute Gasteiger partial charge is 0.372 e. The van der Waals surface area contributed by atoms with Crippen LogP contribution in [0.3, 0.4) is 0 Å². The van der Waals surface area contributed by atoms with E-state index in [0.29, 0.717) is 24.6 Å². The minimum absolute atomic E-state index is 0.194. The molecule has 1 fully saturated rings. The molecule has 1 saturated heterocycles. The van der Waals surface area contributed by atoms with Crippen molar-refractivity contribution in [3.63, 3.8) is 0 Å². The summed E-state index contributed by atoms with van der Waals surface area (Å²) in [5.74, 6) is -1.20. The first-order valence-corrected chi connectivity index (χ1v) is 5.44. The summed E-state index contributed by atoms with van der Waals surface area (Å²) in [5.41, 5.74) is 0.681. The van der Waals surface area contributed by atoms with Crippen LogP contribution in [0.4, 0.5) is 8.78 Å². The molecular weight excluding hydrogens is 212 g/mol. The minimum Gasteiger partial charge on any atom is -0.372 e. The van der Waals surface area contributed by atoms with Gasteiger partial charge in [0.1, 0.15) is 0 Å². The van der Waals surface area contributed by atoms with Crippen molar-refractivity contribution in [2.75, 3.05) is 19.7 Å². The van der Waals surface area contributed by atoms with E-state index in [0.717, 1.165) is 12.6 Å². The molecule has 2 atom stereocenters. The highest BCUT2D eigenvalue weighted by molar-refractivity contribution is 5.20. The van der Waals surface area contributed by atoms with Crippen molar-refractivity contribution in [2.24, 2.45) is 5.92 Å². The Kier molecular flexibility index (Phi) is 3.51. The third-order valence-corrected chi connectivity index (χ3v) is 2.72. The Morgan fingerprint density at radius 3 is 2.81 bits per heavy atom. The SMILES string of the molecule is CC1CNCC(c2ccc(F)c(F)c2)OC1. The van der Waals surface area contributed by atoms with Gasteiger partial charge in [0.2, 0.25) is 0 Å². The zero-order valence-corrected chi connectivity index (χ0v) is 9.17. The summed E-state index contributed by atoms with van der Waals surface area (Å²) < 4.78 is 31.5. The number of nitrogens with one attached hydrogen (secondary N) is 1. The van der Waals surface area contributed by atoms with Gasteiger partial charge in [0.05, 0.1) is 12.7 Å². The molecule has 1 heterocycles. The summed E-state index contributed by atoms with van der Waals surface area (Å²) in [5, 5.41) is 3.24. The van der Waals surface area contributed by atoms with E-state index in [1.165, 1.54) is 6.07 Å². The number of benzene rings is 1. The third kappa shape index (κ3) is 2.57. The predicted molar refractivity (Wildman–Crippen MR) is 57.1 cm³/mol. The maximum absolute atomic E-state index is 13.1. The monoisotopic (exact) mass is 227 g/mol. The van der Waals surface area contributed by atoms with Crippen LogP contribution in [0.15, 0.2) is 18.2 Å². The first kappa shape index (κ1) is 11.5. The van der Waals surface area contributed by atoms with Crippen LogP contribution < -0.4 is 5.32 Å². The van der Waals surface area contributed by atoms with Gasteiger partial charge in [-0.2, -0.15) is 0 Å². The van der Waals surface area contributed by atoms with Crippen LogP contribution in [-0.2, 0) is 4.74 Å². The molecule has 1 aliphatic rings. The van der Waals surface area contributed by atoms with Crippen molar-refractivity contribution in [3.8, 4) is 0 Å². The van der Waals surface area contributed by atoms with Crippen LogP contribution in [0.1, 0.15) is 18.6 Å². The third-order valence-electron chi connectivity index (χ3n) is 2.72. The molecule has 1 aromatic rings. The standard InChI is InChI=1S/C12H15F2NO/c1-8-5-15-6-12(16-7-8)9-2-3-10(13)11(14)4-9/h2-4,8,12,15H,5-7H2,1H3. The molecule has 16 heavy (non-hydrogen) atoms. The zero-order chi connectivity index (χ0) is 11.5. The summed E-state index contributed by atoms with van der Waals surface area (Å²) in [6.45, 7) is 4.24. The van der Waals surface area contributed by atoms with Crippen LogP contribution in [-0.4, -0.2) is 19.7 Å². The summed E-state index contributed by atoms with van der Waals surface area (Å²) in [6, 6.07) is 3.92. The molecule has 0 aliphatic carbocycles. The topological polar surface area (TPSA) is 21.3 Å². The van der Waals surface area contributed by atoms with Gasteiger partial charge >= 0.3 is 0 Å². The molecule has 0 amide bonds. The number of hydrogen-bond donors (Lipinski definition) is 1. The Morgan fingerprint density at radius 2 is 2.06 bits per heavy atom. The van der Waals surface area contributed by atoms with Crippen LogP contribution in [0.5, 0.6) is 0 Å². The van der Waals surface area contributed by atoms with E-state index in [1.807, 2.05) is 0 Å². The second-order valence-electron chi connectivity index (χ2n) is 4.26. The van der Waals surface area contributed by atoms with Gasteiger partial charge in [0.15, 0.2) is 11.6 Å². The van der Waals surface area contributed by atoms with Gasteiger partial charge in [-0.1, -0.05) is 13.0 Å². The highest BCUT2D eigenvalue weighted by atomic mass is 19.2. The van der Waals surface area contributed by atoms with Crippen LogP contribution >= 0.6 is 0 Å². The van der Waals surface area contributed by atoms with Gasteiger partial charge in [-0.05, 0) is 23.6 Å². The van der Waals surface area contributed by atoms with E-state index in [1.54, 1.807) is 6.07 Å². The molecule has 1 N–H and O–H groups in total. The lowest BCUT2D eigenvalue weighted by Crippen LogP contribution is -2.22. The molecule has 0 aromatic heterocycles. The first-order chi connectivity index (χ1) is 7.66. The smallest absolute Gasteiger partial charge is 0.159 e. The molecule has 88 valence electrons. The van der Waals surface area contributed by atoms with Crippen molar-refractivity contribution in [1.82, 2.24) is 5.32 Å². The second-order valence-corrected chi connectivity index (χ2v) is 4.26. The molecular formula is C12H15F2NO. The molecule has 2 rings (SSSR count). The maximum atomic E-state index is 13.1. The summed E-state index contributed by atoms with van der Waals surface area (Å²) in [7, 11) is 0. The van der Waals surface area contributed by atoms with Gasteiger partial charge in [-0.3, -0.25) is 0 Å². The second kappa shape index (κ2) is 4.89. The fourth-order valence-corrected chi connectivity index (χ4v) is 1.79. The molecule has 0 bridgehead atoms. The van der Waals surface area contributed by atoms with Gasteiger partial charge in [0.25, 0.3) is 0 Å². The normalized spacial score (nSPS) is 26.4. The lowest BCUT2D eigenvalue weighted by atomic mass is 10.1. The van der Waals surface area contributed by atoms with Gasteiger partial charge < -0.3 is 10.1 Å². The highest BCUT2D eigenvalue weighted by Crippen LogP contribution is 2.21. The van der Waals surface area contributed by atoms with Gasteiger partial charge in [-0.15, -0.1) is 0 Å². The lowest BCUT2D eigenvalue weighted by molar-refractivity contribution is 0.0513. The first-order valence-electron chi connectivity index (χ1n) is 5.44. The van der Waals surface area contributed by atoms with Gasteiger partial charge in [-0.25, -0.2) is 8.78 Å². The molecule has 0 radical (unpaired) electrons. The molecule has 2 nitrogen and oxygen atoms in total. The fourth-order valence-electron chi connectivity index (χ4n) is 1.79. The van der Waals surface area contributed by atoms with E-state index in [4.69, 9.17) is 4.74 Å². The molecule has 1 aliphatic heterocycles. The van der Waals surface area contributed by atoms with E-state index >= 15 is 0 Å². The number of rotatable bonds is 1. The summed E-state index contributed by atoms with van der Waals surface area (Å²) in [4.78, 5) is 0. The summed E-state index contributed by atoms with van der Waals surface area (Å²) in [6.07, 6.45) is -0.194. The van der Waals surface area contributed by atoms with Crippen LogP contribution in [0.25, 0.3) is 0 Å². The van der Waals surface area contributed by atoms with Crippen molar-refractivity contribution >= 4 is 0 Å². The molecule has 2 unspecified atom stereocenters. The number of hydrogen-bond acceptors (Lipinski definition) is 2. The van der Waals surface area contributed by atoms with Crippen molar-refractivity contribution < 1.29 is 13.5 Å². The molecule has 0 spiro atoms. The maximum Gasteiger partial charge on any atom is 0.159 e. The average Bonchev–Trinajstić information content (AvgIpc) is 2.47. The van der Waals surface area contributed by atoms with E-state index in [9.17, 15) is 8.78 Å². The van der Waals surface area contributed by atoms with E-state index in [2.05, 4.69) is 12.2 Å². The highest BCUT2D eigenvalue weighted by Gasteiger charge is 2.18. The number of ether oxygens (including phenoxy) is 1. The van der Waals surface area contributed by atoms with Crippen molar-refractivity contribution in [2.45, 2.75) is 13.0 Å². The lowest BCUT2D eigenvalue weighted by Gasteiger charge is -2.15. The Bertz CT molecular complexity index is 370. The number of halogens is 2. The van der Waals surface area contributed by atoms with E-state index in [-0.39, 0.29) is 6.10 Å². The molecule has 4 heteroatoms. The van der Waals surface area contributed by atoms with Crippen molar-refractivity contribution in [1.29, 1.82) is 0 Å². The van der Waals surface area contributed by atoms with Crippen LogP contribution in [0.2, 0.25) is 0 Å². The Labute approximate surface area is 93.6 Å². The van der Waals surface area contributed by atoms with Crippen molar-refractivity contribution in [3.05, 3.63) is 35.4 Å². The predicted octanol–water partition coefficient (Wildman–Crippen LogP) is 2.26. The minimum atomic E-state index is -0.821. The Balaban J connectivity index is 2.13. The average molecular weight is 227 g/mol. The Hall–Kier alpha value is -1.00. The Morgan fingerprint density at radius 1 is 1.25 bits per heavy atom. The fraction of sp³-hybridized carbons (Fsp3) is 0.500. The van der Waals surface area contributed by atoms with E-state index < -0.39 is 11.6 Å². The van der Waals surface area contributed by atoms with Crippen LogP contribution in [0, 0.1) is 17.6 Å². The zero-order valence-electron chi connectivity index (χ0n) is 9.17. The molecule has 0 saturated carbocycles. The summed E-state index contributed by atoms with van der Waals surface area (Å²) >= 11 is 0. The molecule has 1 aromatic carbocycles. The quantitative estimate of drug-likeness (QED) is 0.794.